The van der Waals surface area contributed by atoms with Crippen LogP contribution >= 0.6 is 0 Å². The van der Waals surface area contributed by atoms with Gasteiger partial charge in [0.15, 0.2) is 11.5 Å². The third-order valence-corrected chi connectivity index (χ3v) is 3.40. The molecule has 1 aromatic carbocycles. The van der Waals surface area contributed by atoms with Crippen LogP contribution in [0, 0.1) is 17.1 Å². The summed E-state index contributed by atoms with van der Waals surface area (Å²) in [5, 5.41) is 24.2. The normalized spacial score (nSPS) is 10.6. The van der Waals surface area contributed by atoms with Crippen LogP contribution < -0.4 is 5.32 Å². The van der Waals surface area contributed by atoms with E-state index in [1.165, 1.54) is 10.6 Å². The molecule has 0 aliphatic carbocycles. The van der Waals surface area contributed by atoms with E-state index >= 15 is 0 Å². The molecule has 3 aromatic rings. The number of nitrogens with zero attached hydrogens (tertiary/aromatic N) is 5. The van der Waals surface area contributed by atoms with Gasteiger partial charge in [-0.05, 0) is 37.1 Å². The van der Waals surface area contributed by atoms with Gasteiger partial charge in [0.2, 0.25) is 0 Å². The summed E-state index contributed by atoms with van der Waals surface area (Å²) in [6.07, 6.45) is 2.28. The Kier molecular flexibility index (Phi) is 4.43. The Morgan fingerprint density at radius 2 is 2.00 bits per heavy atom. The van der Waals surface area contributed by atoms with Gasteiger partial charge in [-0.1, -0.05) is 12.1 Å². The SMILES string of the molecule is N#CCCCCNc1ccc2nnc(-c3ccccc3F)n2n1. The number of hydrogen-bond donors (Lipinski definition) is 1. The number of aromatic nitrogens is 4. The number of fused-ring (bicyclic) bond motifs is 1. The van der Waals surface area contributed by atoms with Crippen molar-refractivity contribution >= 4 is 11.5 Å². The van der Waals surface area contributed by atoms with E-state index in [9.17, 15) is 4.39 Å². The van der Waals surface area contributed by atoms with Gasteiger partial charge in [-0.25, -0.2) is 4.39 Å². The van der Waals surface area contributed by atoms with Crippen LogP contribution in [0.5, 0.6) is 0 Å². The largest absolute Gasteiger partial charge is 0.369 e. The van der Waals surface area contributed by atoms with Crippen molar-refractivity contribution in [2.75, 3.05) is 11.9 Å². The lowest BCUT2D eigenvalue weighted by Crippen LogP contribution is -2.06. The molecule has 6 nitrogen and oxygen atoms in total. The molecule has 0 bridgehead atoms. The average molecular weight is 310 g/mol. The second-order valence-corrected chi connectivity index (χ2v) is 5.03. The predicted molar refractivity (Wildman–Crippen MR) is 84.1 cm³/mol. The summed E-state index contributed by atoms with van der Waals surface area (Å²) in [5.74, 6) is 0.663. The number of nitrogens with one attached hydrogen (secondary N) is 1. The number of hydrogen-bond acceptors (Lipinski definition) is 5. The van der Waals surface area contributed by atoms with E-state index in [0.29, 0.717) is 29.3 Å². The molecule has 23 heavy (non-hydrogen) atoms. The lowest BCUT2D eigenvalue weighted by atomic mass is 10.2. The van der Waals surface area contributed by atoms with Crippen LogP contribution in [-0.4, -0.2) is 26.4 Å². The maximum atomic E-state index is 14.0. The van der Waals surface area contributed by atoms with Gasteiger partial charge in [0.05, 0.1) is 11.6 Å². The fourth-order valence-electron chi connectivity index (χ4n) is 2.24. The average Bonchev–Trinajstić information content (AvgIpc) is 2.98. The third-order valence-electron chi connectivity index (χ3n) is 3.40. The number of rotatable bonds is 6. The van der Waals surface area contributed by atoms with Gasteiger partial charge >= 0.3 is 0 Å². The first-order valence-corrected chi connectivity index (χ1v) is 7.38. The molecule has 7 heteroatoms. The van der Waals surface area contributed by atoms with Crippen molar-refractivity contribution in [3.05, 3.63) is 42.2 Å². The van der Waals surface area contributed by atoms with Crippen molar-refractivity contribution < 1.29 is 4.39 Å². The van der Waals surface area contributed by atoms with Gasteiger partial charge in [-0.15, -0.1) is 15.3 Å². The Balaban J connectivity index is 1.83. The molecule has 0 atom stereocenters. The van der Waals surface area contributed by atoms with Gasteiger partial charge in [0.1, 0.15) is 11.6 Å². The Hall–Kier alpha value is -3.01. The highest BCUT2D eigenvalue weighted by molar-refractivity contribution is 5.60. The second-order valence-electron chi connectivity index (χ2n) is 5.03. The van der Waals surface area contributed by atoms with Crippen LogP contribution in [0.4, 0.5) is 10.2 Å². The van der Waals surface area contributed by atoms with Crippen LogP contribution in [0.3, 0.4) is 0 Å². The third kappa shape index (κ3) is 3.26. The van der Waals surface area contributed by atoms with E-state index in [1.54, 1.807) is 30.3 Å². The molecule has 2 heterocycles. The molecule has 0 amide bonds. The lowest BCUT2D eigenvalue weighted by molar-refractivity contribution is 0.629. The van der Waals surface area contributed by atoms with Gasteiger partial charge in [-0.3, -0.25) is 0 Å². The minimum absolute atomic E-state index is 0.360. The molecular formula is C16H15FN6. The zero-order valence-corrected chi connectivity index (χ0v) is 12.4. The maximum absolute atomic E-state index is 14.0. The Morgan fingerprint density at radius 1 is 1.13 bits per heavy atom. The number of unbranched alkanes of at least 4 members (excludes halogenated alkanes) is 2. The lowest BCUT2D eigenvalue weighted by Gasteiger charge is -2.06. The van der Waals surface area contributed by atoms with E-state index in [-0.39, 0.29) is 5.82 Å². The van der Waals surface area contributed by atoms with E-state index in [0.717, 1.165) is 19.4 Å². The summed E-state index contributed by atoms with van der Waals surface area (Å²) in [6, 6.07) is 12.1. The number of halogens is 1. The summed E-state index contributed by atoms with van der Waals surface area (Å²) >= 11 is 0. The van der Waals surface area contributed by atoms with Crippen molar-refractivity contribution in [2.45, 2.75) is 19.3 Å². The minimum Gasteiger partial charge on any atom is -0.369 e. The van der Waals surface area contributed by atoms with Gasteiger partial charge in [-0.2, -0.15) is 9.78 Å². The van der Waals surface area contributed by atoms with E-state index in [1.807, 2.05) is 0 Å². The molecule has 116 valence electrons. The molecular weight excluding hydrogens is 295 g/mol. The van der Waals surface area contributed by atoms with E-state index < -0.39 is 0 Å². The quantitative estimate of drug-likeness (QED) is 0.708. The van der Waals surface area contributed by atoms with Crippen molar-refractivity contribution in [1.29, 1.82) is 5.26 Å². The topological polar surface area (TPSA) is 78.9 Å². The number of anilines is 1. The fourth-order valence-corrected chi connectivity index (χ4v) is 2.24. The van der Waals surface area contributed by atoms with Crippen LogP contribution in [0.25, 0.3) is 17.0 Å². The number of benzene rings is 1. The van der Waals surface area contributed by atoms with Crippen molar-refractivity contribution in [1.82, 2.24) is 19.8 Å². The minimum atomic E-state index is -0.363. The second kappa shape index (κ2) is 6.83. The highest BCUT2D eigenvalue weighted by atomic mass is 19.1. The van der Waals surface area contributed by atoms with Gasteiger partial charge in [0, 0.05) is 13.0 Å². The molecule has 2 aromatic heterocycles. The number of nitriles is 1. The Bertz CT molecular complexity index is 851. The monoisotopic (exact) mass is 310 g/mol. The van der Waals surface area contributed by atoms with Gasteiger partial charge in [0.25, 0.3) is 0 Å². The predicted octanol–water partition coefficient (Wildman–Crippen LogP) is 3.04. The molecule has 0 saturated heterocycles. The standard InChI is InChI=1S/C16H15FN6/c17-13-7-3-2-6-12(13)16-21-20-15-9-8-14(22-23(15)16)19-11-5-1-4-10-18/h2-3,6-9H,1,4-5,11H2,(H,19,22). The molecule has 0 aliphatic heterocycles. The summed E-state index contributed by atoms with van der Waals surface area (Å²) in [4.78, 5) is 0. The molecule has 3 rings (SSSR count). The van der Waals surface area contributed by atoms with E-state index in [2.05, 4.69) is 26.7 Å². The van der Waals surface area contributed by atoms with Crippen molar-refractivity contribution in [3.8, 4) is 17.5 Å². The molecule has 1 N–H and O–H groups in total. The Morgan fingerprint density at radius 3 is 2.83 bits per heavy atom. The van der Waals surface area contributed by atoms with Gasteiger partial charge < -0.3 is 5.32 Å². The molecule has 0 spiro atoms. The first-order valence-electron chi connectivity index (χ1n) is 7.38. The van der Waals surface area contributed by atoms with Crippen molar-refractivity contribution in [2.24, 2.45) is 0 Å². The molecule has 0 fully saturated rings. The van der Waals surface area contributed by atoms with Crippen LogP contribution in [0.2, 0.25) is 0 Å². The summed E-state index contributed by atoms with van der Waals surface area (Å²) < 4.78 is 15.5. The maximum Gasteiger partial charge on any atom is 0.188 e. The van der Waals surface area contributed by atoms with Crippen LogP contribution in [-0.2, 0) is 0 Å². The zero-order valence-electron chi connectivity index (χ0n) is 12.4. The fraction of sp³-hybridized carbons (Fsp3) is 0.250. The molecule has 0 unspecified atom stereocenters. The first kappa shape index (κ1) is 14.9. The van der Waals surface area contributed by atoms with Crippen LogP contribution in [0.1, 0.15) is 19.3 Å². The highest BCUT2D eigenvalue weighted by Gasteiger charge is 2.13. The summed E-state index contributed by atoms with van der Waals surface area (Å²) in [5.41, 5.74) is 0.914. The highest BCUT2D eigenvalue weighted by Crippen LogP contribution is 2.21. The Labute approximate surface area is 132 Å². The van der Waals surface area contributed by atoms with Crippen LogP contribution in [0.15, 0.2) is 36.4 Å². The molecule has 0 radical (unpaired) electrons. The van der Waals surface area contributed by atoms with E-state index in [4.69, 9.17) is 5.26 Å². The smallest absolute Gasteiger partial charge is 0.188 e. The summed E-state index contributed by atoms with van der Waals surface area (Å²) in [6.45, 7) is 0.720. The van der Waals surface area contributed by atoms with Crippen molar-refractivity contribution in [3.63, 3.8) is 0 Å². The summed E-state index contributed by atoms with van der Waals surface area (Å²) in [7, 11) is 0. The molecule has 0 aliphatic rings. The molecule has 0 saturated carbocycles. The first-order chi connectivity index (χ1) is 11.3. The zero-order chi connectivity index (χ0) is 16.1.